The van der Waals surface area contributed by atoms with Crippen LogP contribution in [-0.4, -0.2) is 51.0 Å². The predicted molar refractivity (Wildman–Crippen MR) is 105 cm³/mol. The predicted octanol–water partition coefficient (Wildman–Crippen LogP) is 3.55. The lowest BCUT2D eigenvalue weighted by atomic mass is 9.69. The summed E-state index contributed by atoms with van der Waals surface area (Å²) in [4.78, 5) is 22.3. The number of aromatic nitrogens is 2. The quantitative estimate of drug-likeness (QED) is 0.792. The highest BCUT2D eigenvalue weighted by Crippen LogP contribution is 2.44. The van der Waals surface area contributed by atoms with Crippen LogP contribution in [0, 0.1) is 24.7 Å². The van der Waals surface area contributed by atoms with E-state index in [0.29, 0.717) is 35.7 Å². The van der Waals surface area contributed by atoms with E-state index in [1.807, 2.05) is 6.92 Å². The molecule has 1 amide bonds. The van der Waals surface area contributed by atoms with Gasteiger partial charge in [0.25, 0.3) is 0 Å². The Balaban J connectivity index is 1.35. The molecule has 0 N–H and O–H groups in total. The van der Waals surface area contributed by atoms with Crippen molar-refractivity contribution in [1.82, 2.24) is 19.9 Å². The van der Waals surface area contributed by atoms with Crippen LogP contribution in [0.2, 0.25) is 0 Å². The maximum Gasteiger partial charge on any atom is 0.240 e. The lowest BCUT2D eigenvalue weighted by Crippen LogP contribution is -2.65. The molecular formula is C22H34N4O2. The number of rotatable bonds is 4. The molecule has 2 bridgehead atoms. The number of aryl methyl sites for hydroxylation is 1. The third kappa shape index (κ3) is 3.60. The van der Waals surface area contributed by atoms with Crippen molar-refractivity contribution in [1.29, 1.82) is 0 Å². The number of carbonyl (C=O) groups is 1. The molecule has 1 saturated carbocycles. The van der Waals surface area contributed by atoms with E-state index in [4.69, 9.17) is 4.52 Å². The fourth-order valence-electron chi connectivity index (χ4n) is 6.66. The number of nitrogens with zero attached hydrogens (tertiary/aromatic N) is 4. The third-order valence-corrected chi connectivity index (χ3v) is 7.80. The van der Waals surface area contributed by atoms with Gasteiger partial charge in [-0.3, -0.25) is 9.69 Å². The van der Waals surface area contributed by atoms with Crippen LogP contribution >= 0.6 is 0 Å². The molecule has 4 fully saturated rings. The van der Waals surface area contributed by atoms with Gasteiger partial charge in [0.1, 0.15) is 0 Å². The van der Waals surface area contributed by atoms with Crippen LogP contribution in [-0.2, 0) is 11.3 Å². The summed E-state index contributed by atoms with van der Waals surface area (Å²) in [5, 5.41) is 3.96. The van der Waals surface area contributed by atoms with Crippen molar-refractivity contribution in [2.75, 3.05) is 13.1 Å². The summed E-state index contributed by atoms with van der Waals surface area (Å²) >= 11 is 0. The second-order valence-electron chi connectivity index (χ2n) is 9.75. The fraction of sp³-hybridized carbons (Fsp3) is 0.864. The van der Waals surface area contributed by atoms with Gasteiger partial charge in [-0.05, 0) is 50.4 Å². The Bertz CT molecular complexity index is 698. The Morgan fingerprint density at radius 3 is 2.68 bits per heavy atom. The highest BCUT2D eigenvalue weighted by atomic mass is 16.5. The van der Waals surface area contributed by atoms with Gasteiger partial charge in [0.15, 0.2) is 5.82 Å². The lowest BCUT2D eigenvalue weighted by molar-refractivity contribution is -0.154. The van der Waals surface area contributed by atoms with Crippen molar-refractivity contribution in [2.45, 2.75) is 89.8 Å². The molecule has 0 radical (unpaired) electrons. The first-order chi connectivity index (χ1) is 13.7. The highest BCUT2D eigenvalue weighted by molar-refractivity contribution is 5.78. The minimum Gasteiger partial charge on any atom is -0.338 e. The summed E-state index contributed by atoms with van der Waals surface area (Å²) < 4.78 is 5.39. The average molecular weight is 387 g/mol. The van der Waals surface area contributed by atoms with Crippen LogP contribution < -0.4 is 0 Å². The van der Waals surface area contributed by atoms with Crippen LogP contribution in [0.15, 0.2) is 4.52 Å². The number of fused-ring (bicyclic) bond motifs is 4. The van der Waals surface area contributed by atoms with Gasteiger partial charge in [-0.15, -0.1) is 0 Å². The minimum atomic E-state index is 0.438. The van der Waals surface area contributed by atoms with E-state index in [1.54, 1.807) is 0 Å². The lowest BCUT2D eigenvalue weighted by Gasteiger charge is -2.57. The number of hydrogen-bond donors (Lipinski definition) is 0. The van der Waals surface area contributed by atoms with Crippen LogP contribution in [0.3, 0.4) is 0 Å². The van der Waals surface area contributed by atoms with E-state index in [2.05, 4.69) is 19.9 Å². The molecule has 1 aromatic rings. The molecular weight excluding hydrogens is 352 g/mol. The molecule has 4 aliphatic rings. The molecule has 0 aromatic carbocycles. The Morgan fingerprint density at radius 1 is 1.07 bits per heavy atom. The molecule has 5 rings (SSSR count). The first-order valence-electron chi connectivity index (χ1n) is 11.5. The largest absolute Gasteiger partial charge is 0.338 e. The molecule has 154 valence electrons. The Labute approximate surface area is 168 Å². The summed E-state index contributed by atoms with van der Waals surface area (Å²) in [5.41, 5.74) is 0. The summed E-state index contributed by atoms with van der Waals surface area (Å²) in [6, 6.07) is 0.905. The van der Waals surface area contributed by atoms with Gasteiger partial charge in [0.05, 0.1) is 6.54 Å². The van der Waals surface area contributed by atoms with Crippen LogP contribution in [0.25, 0.3) is 0 Å². The minimum absolute atomic E-state index is 0.438. The zero-order chi connectivity index (χ0) is 19.1. The Hall–Kier alpha value is -1.43. The molecule has 6 heteroatoms. The summed E-state index contributed by atoms with van der Waals surface area (Å²) in [6.07, 6.45) is 12.4. The zero-order valence-electron chi connectivity index (χ0n) is 17.2. The summed E-state index contributed by atoms with van der Waals surface area (Å²) in [7, 11) is 0. The third-order valence-electron chi connectivity index (χ3n) is 7.80. The molecule has 4 atom stereocenters. The molecule has 3 saturated heterocycles. The monoisotopic (exact) mass is 386 g/mol. The van der Waals surface area contributed by atoms with Gasteiger partial charge in [0.2, 0.25) is 11.8 Å². The second kappa shape index (κ2) is 7.77. The summed E-state index contributed by atoms with van der Waals surface area (Å²) in [5.74, 6) is 3.91. The van der Waals surface area contributed by atoms with Crippen molar-refractivity contribution >= 4 is 5.91 Å². The molecule has 4 heterocycles. The van der Waals surface area contributed by atoms with E-state index in [-0.39, 0.29) is 0 Å². The number of piperidine rings is 3. The van der Waals surface area contributed by atoms with E-state index >= 15 is 0 Å². The van der Waals surface area contributed by atoms with Gasteiger partial charge in [-0.2, -0.15) is 4.98 Å². The number of likely N-dealkylation sites (tertiary alicyclic amines) is 1. The first kappa shape index (κ1) is 18.6. The standard InChI is InChI=1S/C22H34N4O2/c1-15-23-21(28-24-15)14-25-12-17-11-18(13-25)20(10-16-6-3-2-4-7-16)26-19(17)8-5-9-22(26)27/h16-20H,2-14H2,1H3/t17-,18+,19+,20+/m1/s1. The van der Waals surface area contributed by atoms with Gasteiger partial charge >= 0.3 is 0 Å². The molecule has 1 aliphatic carbocycles. The van der Waals surface area contributed by atoms with E-state index in [9.17, 15) is 4.79 Å². The van der Waals surface area contributed by atoms with Crippen LogP contribution in [0.1, 0.15) is 75.9 Å². The maximum absolute atomic E-state index is 13.0. The smallest absolute Gasteiger partial charge is 0.240 e. The van der Waals surface area contributed by atoms with Crippen LogP contribution in [0.4, 0.5) is 0 Å². The normalized spacial score (nSPS) is 34.5. The topological polar surface area (TPSA) is 62.5 Å². The van der Waals surface area contributed by atoms with Gasteiger partial charge in [-0.25, -0.2) is 0 Å². The molecule has 6 nitrogen and oxygen atoms in total. The highest BCUT2D eigenvalue weighted by Gasteiger charge is 2.49. The first-order valence-corrected chi connectivity index (χ1v) is 11.5. The van der Waals surface area contributed by atoms with E-state index in [0.717, 1.165) is 44.3 Å². The van der Waals surface area contributed by atoms with E-state index < -0.39 is 0 Å². The number of amides is 1. The van der Waals surface area contributed by atoms with Crippen molar-refractivity contribution in [3.63, 3.8) is 0 Å². The van der Waals surface area contributed by atoms with Crippen molar-refractivity contribution < 1.29 is 9.32 Å². The molecule has 28 heavy (non-hydrogen) atoms. The number of carbonyl (C=O) groups excluding carboxylic acids is 1. The van der Waals surface area contributed by atoms with Gasteiger partial charge in [-0.1, -0.05) is 37.3 Å². The van der Waals surface area contributed by atoms with Crippen molar-refractivity contribution in [2.24, 2.45) is 17.8 Å². The maximum atomic E-state index is 13.0. The fourth-order valence-corrected chi connectivity index (χ4v) is 6.66. The molecule has 3 aliphatic heterocycles. The molecule has 0 spiro atoms. The van der Waals surface area contributed by atoms with Crippen molar-refractivity contribution in [3.8, 4) is 0 Å². The van der Waals surface area contributed by atoms with Crippen molar-refractivity contribution in [3.05, 3.63) is 11.7 Å². The zero-order valence-corrected chi connectivity index (χ0v) is 17.2. The Kier molecular flexibility index (Phi) is 5.16. The Morgan fingerprint density at radius 2 is 1.89 bits per heavy atom. The van der Waals surface area contributed by atoms with Gasteiger partial charge < -0.3 is 9.42 Å². The molecule has 1 aromatic heterocycles. The van der Waals surface area contributed by atoms with Crippen LogP contribution in [0.5, 0.6) is 0 Å². The average Bonchev–Trinajstić information content (AvgIpc) is 3.11. The SMILES string of the molecule is Cc1noc(CN2C[C@H]3C[C@@H](C2)[C@H](CC2CCCCC2)N2C(=O)CCC[C@@H]32)n1. The number of hydrogen-bond acceptors (Lipinski definition) is 5. The van der Waals surface area contributed by atoms with Gasteiger partial charge in [0, 0.05) is 31.6 Å². The summed E-state index contributed by atoms with van der Waals surface area (Å²) in [6.45, 7) is 4.75. The molecule has 0 unspecified atom stereocenters. The van der Waals surface area contributed by atoms with E-state index in [1.165, 1.54) is 51.4 Å². The second-order valence-corrected chi connectivity index (χ2v) is 9.75.